The Hall–Kier alpha value is -2.69. The summed E-state index contributed by atoms with van der Waals surface area (Å²) >= 11 is 0. The van der Waals surface area contributed by atoms with Crippen molar-refractivity contribution < 1.29 is 0 Å². The number of nitrogens with one attached hydrogen (secondary N) is 2. The molecule has 0 radical (unpaired) electrons. The molecule has 4 rings (SSSR count). The Morgan fingerprint density at radius 1 is 0.952 bits per heavy atom. The first kappa shape index (κ1) is 12.1. The van der Waals surface area contributed by atoms with Crippen LogP contribution in [-0.4, -0.2) is 21.0 Å². The number of pyridine rings is 1. The molecule has 5 nitrogen and oxygen atoms in total. The van der Waals surface area contributed by atoms with E-state index in [4.69, 9.17) is 0 Å². The smallest absolute Gasteiger partial charge is 0.135 e. The van der Waals surface area contributed by atoms with Gasteiger partial charge in [0.25, 0.3) is 0 Å². The molecule has 104 valence electrons. The van der Waals surface area contributed by atoms with E-state index >= 15 is 0 Å². The topological polar surface area (TPSA) is 62.7 Å². The fraction of sp³-hybridized carbons (Fsp3) is 0.188. The van der Waals surface area contributed by atoms with E-state index in [9.17, 15) is 0 Å². The van der Waals surface area contributed by atoms with E-state index in [1.54, 1.807) is 12.5 Å². The Kier molecular flexibility index (Phi) is 2.88. The molecule has 2 aromatic heterocycles. The van der Waals surface area contributed by atoms with Gasteiger partial charge in [0, 0.05) is 29.4 Å². The van der Waals surface area contributed by atoms with Crippen LogP contribution in [0.5, 0.6) is 0 Å². The van der Waals surface area contributed by atoms with Gasteiger partial charge in [0.2, 0.25) is 0 Å². The van der Waals surface area contributed by atoms with Crippen molar-refractivity contribution in [2.75, 3.05) is 10.6 Å². The van der Waals surface area contributed by atoms with Gasteiger partial charge in [0.1, 0.15) is 18.0 Å². The quantitative estimate of drug-likeness (QED) is 0.765. The zero-order valence-electron chi connectivity index (χ0n) is 11.5. The molecule has 1 aromatic carbocycles. The largest absolute Gasteiger partial charge is 0.367 e. The van der Waals surface area contributed by atoms with Crippen LogP contribution in [0.3, 0.4) is 0 Å². The number of aromatic nitrogens is 3. The van der Waals surface area contributed by atoms with Gasteiger partial charge in [-0.15, -0.1) is 0 Å². The highest BCUT2D eigenvalue weighted by atomic mass is 15.1. The van der Waals surface area contributed by atoms with E-state index in [2.05, 4.69) is 31.7 Å². The van der Waals surface area contributed by atoms with E-state index in [0.29, 0.717) is 6.04 Å². The third-order valence-electron chi connectivity index (χ3n) is 3.47. The summed E-state index contributed by atoms with van der Waals surface area (Å²) in [5.74, 6) is 1.66. The third kappa shape index (κ3) is 2.76. The lowest BCUT2D eigenvalue weighted by Gasteiger charge is -2.08. The fourth-order valence-corrected chi connectivity index (χ4v) is 2.24. The highest BCUT2D eigenvalue weighted by Gasteiger charge is 2.21. The maximum Gasteiger partial charge on any atom is 0.135 e. The number of hydrogen-bond donors (Lipinski definition) is 2. The van der Waals surface area contributed by atoms with Crippen molar-refractivity contribution in [1.29, 1.82) is 0 Å². The van der Waals surface area contributed by atoms with Gasteiger partial charge in [-0.3, -0.25) is 4.98 Å². The van der Waals surface area contributed by atoms with Crippen molar-refractivity contribution in [2.45, 2.75) is 18.9 Å². The molecular weight excluding hydrogens is 262 g/mol. The van der Waals surface area contributed by atoms with Gasteiger partial charge in [-0.1, -0.05) is 6.07 Å². The second-order valence-corrected chi connectivity index (χ2v) is 5.24. The van der Waals surface area contributed by atoms with E-state index in [1.165, 1.54) is 12.8 Å². The molecule has 1 saturated carbocycles. The summed E-state index contributed by atoms with van der Waals surface area (Å²) in [5, 5.41) is 7.79. The molecule has 0 amide bonds. The molecule has 0 atom stereocenters. The molecule has 1 aliphatic rings. The molecule has 2 N–H and O–H groups in total. The molecule has 2 heterocycles. The molecule has 1 fully saturated rings. The summed E-state index contributed by atoms with van der Waals surface area (Å²) < 4.78 is 0. The zero-order valence-corrected chi connectivity index (χ0v) is 11.5. The normalized spacial score (nSPS) is 14.1. The van der Waals surface area contributed by atoms with Crippen molar-refractivity contribution >= 4 is 28.2 Å². The molecule has 0 bridgehead atoms. The van der Waals surface area contributed by atoms with Crippen LogP contribution < -0.4 is 10.6 Å². The van der Waals surface area contributed by atoms with Gasteiger partial charge in [0.05, 0.1) is 5.52 Å². The minimum atomic E-state index is 0.583. The SMILES string of the molecule is c1cnc2ccc(Nc3cc(NC4CC4)ncn3)cc2c1. The summed E-state index contributed by atoms with van der Waals surface area (Å²) in [5.41, 5.74) is 1.98. The third-order valence-corrected chi connectivity index (χ3v) is 3.47. The molecule has 0 spiro atoms. The van der Waals surface area contributed by atoms with E-state index in [-0.39, 0.29) is 0 Å². The van der Waals surface area contributed by atoms with Crippen LogP contribution in [0.4, 0.5) is 17.3 Å². The maximum atomic E-state index is 4.32. The summed E-state index contributed by atoms with van der Waals surface area (Å²) in [6, 6.07) is 12.6. The Morgan fingerprint density at radius 2 is 1.86 bits per heavy atom. The minimum Gasteiger partial charge on any atom is -0.367 e. The maximum absolute atomic E-state index is 4.32. The van der Waals surface area contributed by atoms with E-state index in [0.717, 1.165) is 28.2 Å². The predicted molar refractivity (Wildman–Crippen MR) is 83.7 cm³/mol. The molecule has 5 heteroatoms. The second kappa shape index (κ2) is 5.01. The molecule has 0 aliphatic heterocycles. The van der Waals surface area contributed by atoms with Gasteiger partial charge < -0.3 is 10.6 Å². The monoisotopic (exact) mass is 277 g/mol. The Labute approximate surface area is 122 Å². The van der Waals surface area contributed by atoms with Crippen molar-refractivity contribution in [3.05, 3.63) is 48.9 Å². The summed E-state index contributed by atoms with van der Waals surface area (Å²) in [6.45, 7) is 0. The molecule has 3 aromatic rings. The van der Waals surface area contributed by atoms with Crippen LogP contribution in [0.1, 0.15) is 12.8 Å². The van der Waals surface area contributed by atoms with Gasteiger partial charge in [0.15, 0.2) is 0 Å². The van der Waals surface area contributed by atoms with Crippen LogP contribution in [0.2, 0.25) is 0 Å². The first-order chi connectivity index (χ1) is 10.4. The summed E-state index contributed by atoms with van der Waals surface area (Å²) in [6.07, 6.45) is 5.83. The average molecular weight is 277 g/mol. The Bertz CT molecular complexity index is 782. The van der Waals surface area contributed by atoms with E-state index < -0.39 is 0 Å². The predicted octanol–water partition coefficient (Wildman–Crippen LogP) is 3.34. The highest BCUT2D eigenvalue weighted by Crippen LogP contribution is 2.25. The second-order valence-electron chi connectivity index (χ2n) is 5.24. The van der Waals surface area contributed by atoms with Crippen LogP contribution in [0.15, 0.2) is 48.9 Å². The number of rotatable bonds is 4. The zero-order chi connectivity index (χ0) is 14.1. The molecular formula is C16H15N5. The lowest BCUT2D eigenvalue weighted by Crippen LogP contribution is -2.04. The number of nitrogens with zero attached hydrogens (tertiary/aromatic N) is 3. The van der Waals surface area contributed by atoms with Gasteiger partial charge in [-0.05, 0) is 37.1 Å². The number of benzene rings is 1. The number of hydrogen-bond acceptors (Lipinski definition) is 5. The molecule has 0 saturated heterocycles. The fourth-order valence-electron chi connectivity index (χ4n) is 2.24. The average Bonchev–Trinajstić information content (AvgIpc) is 3.31. The standard InChI is InChI=1S/C16H15N5/c1-2-11-8-13(5-6-14(11)17-7-1)21-16-9-15(18-10-19-16)20-12-3-4-12/h1-2,5-10,12H,3-4H2,(H2,18,19,20,21). The lowest BCUT2D eigenvalue weighted by molar-refractivity contribution is 1.08. The van der Waals surface area contributed by atoms with Crippen molar-refractivity contribution in [2.24, 2.45) is 0 Å². The van der Waals surface area contributed by atoms with Crippen LogP contribution in [0.25, 0.3) is 10.9 Å². The Balaban J connectivity index is 1.58. The number of anilines is 3. The van der Waals surface area contributed by atoms with Crippen LogP contribution in [0, 0.1) is 0 Å². The molecule has 0 unspecified atom stereocenters. The number of fused-ring (bicyclic) bond motifs is 1. The summed E-state index contributed by atoms with van der Waals surface area (Å²) in [4.78, 5) is 12.8. The van der Waals surface area contributed by atoms with Gasteiger partial charge in [-0.25, -0.2) is 9.97 Å². The summed E-state index contributed by atoms with van der Waals surface area (Å²) in [7, 11) is 0. The van der Waals surface area contributed by atoms with Gasteiger partial charge in [-0.2, -0.15) is 0 Å². The highest BCUT2D eigenvalue weighted by molar-refractivity contribution is 5.83. The molecule has 21 heavy (non-hydrogen) atoms. The van der Waals surface area contributed by atoms with Crippen LogP contribution in [-0.2, 0) is 0 Å². The minimum absolute atomic E-state index is 0.583. The van der Waals surface area contributed by atoms with Crippen LogP contribution >= 0.6 is 0 Å². The lowest BCUT2D eigenvalue weighted by atomic mass is 10.2. The first-order valence-corrected chi connectivity index (χ1v) is 7.07. The molecule has 1 aliphatic carbocycles. The van der Waals surface area contributed by atoms with Crippen molar-refractivity contribution in [3.8, 4) is 0 Å². The van der Waals surface area contributed by atoms with E-state index in [1.807, 2.05) is 30.3 Å². The van der Waals surface area contributed by atoms with Gasteiger partial charge >= 0.3 is 0 Å². The van der Waals surface area contributed by atoms with Crippen molar-refractivity contribution in [1.82, 2.24) is 15.0 Å². The first-order valence-electron chi connectivity index (χ1n) is 7.07. The Morgan fingerprint density at radius 3 is 2.76 bits per heavy atom. The van der Waals surface area contributed by atoms with Crippen molar-refractivity contribution in [3.63, 3.8) is 0 Å².